The standard InChI is InChI=1S/C27H28ClN5O/c28-23-9-1-2-10-24(23)30-21-11-12-22-25(18-21)31-32-26(22)19-7-5-8-20(17-19)27(34)29-13-6-16-33-14-3-4-15-33/h1-2,5,7-12,17-18,30H,3-4,6,13-16H2,(H,29,34)(H,31,32). The predicted octanol–water partition coefficient (Wildman–Crippen LogP) is 5.84. The summed E-state index contributed by atoms with van der Waals surface area (Å²) in [6.07, 6.45) is 3.56. The third kappa shape index (κ3) is 5.08. The maximum atomic E-state index is 12.7. The maximum absolute atomic E-state index is 12.7. The van der Waals surface area contributed by atoms with E-state index >= 15 is 0 Å². The smallest absolute Gasteiger partial charge is 0.251 e. The van der Waals surface area contributed by atoms with Gasteiger partial charge in [0.05, 0.1) is 21.9 Å². The Kier molecular flexibility index (Phi) is 6.79. The Bertz CT molecular complexity index is 1300. The molecule has 0 aliphatic carbocycles. The number of nitrogens with zero attached hydrogens (tertiary/aromatic N) is 2. The van der Waals surface area contributed by atoms with E-state index in [9.17, 15) is 4.79 Å². The number of carbonyl (C=O) groups is 1. The SMILES string of the molecule is O=C(NCCCN1CCCC1)c1cccc(-c2n[nH]c3cc(Nc4ccccc4Cl)ccc23)c1. The number of hydrogen-bond donors (Lipinski definition) is 3. The highest BCUT2D eigenvalue weighted by Gasteiger charge is 2.13. The number of nitrogens with one attached hydrogen (secondary N) is 3. The lowest BCUT2D eigenvalue weighted by molar-refractivity contribution is 0.0952. The van der Waals surface area contributed by atoms with Gasteiger partial charge in [-0.15, -0.1) is 0 Å². The molecule has 3 aromatic carbocycles. The Labute approximate surface area is 204 Å². The second kappa shape index (κ2) is 10.3. The molecule has 7 heteroatoms. The lowest BCUT2D eigenvalue weighted by Gasteiger charge is -2.14. The second-order valence-corrected chi connectivity index (χ2v) is 9.08. The summed E-state index contributed by atoms with van der Waals surface area (Å²) < 4.78 is 0. The average molecular weight is 474 g/mol. The molecule has 1 aliphatic heterocycles. The molecule has 3 N–H and O–H groups in total. The molecule has 0 atom stereocenters. The molecule has 5 rings (SSSR count). The molecular formula is C27H28ClN5O. The van der Waals surface area contributed by atoms with Gasteiger partial charge in [0.25, 0.3) is 5.91 Å². The van der Waals surface area contributed by atoms with Gasteiger partial charge in [0, 0.05) is 28.7 Å². The molecule has 1 aromatic heterocycles. The summed E-state index contributed by atoms with van der Waals surface area (Å²) in [5.74, 6) is -0.0469. The number of aromatic amines is 1. The van der Waals surface area contributed by atoms with Gasteiger partial charge in [-0.25, -0.2) is 0 Å². The third-order valence-electron chi connectivity index (χ3n) is 6.25. The number of benzene rings is 3. The number of halogens is 1. The van der Waals surface area contributed by atoms with Crippen molar-refractivity contribution in [1.82, 2.24) is 20.4 Å². The summed E-state index contributed by atoms with van der Waals surface area (Å²) in [6.45, 7) is 4.11. The molecule has 34 heavy (non-hydrogen) atoms. The quantitative estimate of drug-likeness (QED) is 0.281. The first kappa shape index (κ1) is 22.4. The Morgan fingerprint density at radius 3 is 2.74 bits per heavy atom. The number of fused-ring (bicyclic) bond motifs is 1. The van der Waals surface area contributed by atoms with Gasteiger partial charge in [0.2, 0.25) is 0 Å². The third-order valence-corrected chi connectivity index (χ3v) is 6.58. The Hall–Kier alpha value is -3.35. The first-order valence-corrected chi connectivity index (χ1v) is 12.2. The molecule has 0 radical (unpaired) electrons. The van der Waals surface area contributed by atoms with Crippen molar-refractivity contribution in [2.24, 2.45) is 0 Å². The highest BCUT2D eigenvalue weighted by Crippen LogP contribution is 2.31. The van der Waals surface area contributed by atoms with Gasteiger partial charge in [-0.05, 0) is 81.4 Å². The van der Waals surface area contributed by atoms with E-state index in [0.717, 1.165) is 46.5 Å². The first-order chi connectivity index (χ1) is 16.7. The molecule has 6 nitrogen and oxygen atoms in total. The number of likely N-dealkylation sites (tertiary alicyclic amines) is 1. The van der Waals surface area contributed by atoms with Crippen LogP contribution in [0.15, 0.2) is 66.7 Å². The molecule has 0 unspecified atom stereocenters. The number of para-hydroxylation sites is 1. The number of amides is 1. The maximum Gasteiger partial charge on any atom is 0.251 e. The van der Waals surface area contributed by atoms with Crippen molar-refractivity contribution in [3.05, 3.63) is 77.3 Å². The molecule has 1 saturated heterocycles. The first-order valence-electron chi connectivity index (χ1n) is 11.8. The van der Waals surface area contributed by atoms with Crippen molar-refractivity contribution in [2.45, 2.75) is 19.3 Å². The Morgan fingerprint density at radius 1 is 1.03 bits per heavy atom. The molecule has 1 aliphatic rings. The average Bonchev–Trinajstić information content (AvgIpc) is 3.53. The zero-order chi connectivity index (χ0) is 23.3. The van der Waals surface area contributed by atoms with Gasteiger partial charge in [0.15, 0.2) is 0 Å². The van der Waals surface area contributed by atoms with Gasteiger partial charge in [-0.3, -0.25) is 9.89 Å². The molecule has 174 valence electrons. The van der Waals surface area contributed by atoms with Crippen LogP contribution in [0.25, 0.3) is 22.2 Å². The van der Waals surface area contributed by atoms with Crippen LogP contribution >= 0.6 is 11.6 Å². The van der Waals surface area contributed by atoms with Crippen LogP contribution in [0.2, 0.25) is 5.02 Å². The fourth-order valence-electron chi connectivity index (χ4n) is 4.46. The topological polar surface area (TPSA) is 73.0 Å². The van der Waals surface area contributed by atoms with E-state index in [1.807, 2.05) is 66.7 Å². The van der Waals surface area contributed by atoms with Crippen LogP contribution in [0.3, 0.4) is 0 Å². The van der Waals surface area contributed by atoms with E-state index in [1.54, 1.807) is 0 Å². The van der Waals surface area contributed by atoms with Crippen molar-refractivity contribution in [1.29, 1.82) is 0 Å². The van der Waals surface area contributed by atoms with Crippen LogP contribution in [0.4, 0.5) is 11.4 Å². The zero-order valence-electron chi connectivity index (χ0n) is 19.0. The molecule has 2 heterocycles. The summed E-state index contributed by atoms with van der Waals surface area (Å²) in [5, 5.41) is 15.7. The summed E-state index contributed by atoms with van der Waals surface area (Å²) >= 11 is 6.27. The number of rotatable bonds is 8. The number of hydrogen-bond acceptors (Lipinski definition) is 4. The van der Waals surface area contributed by atoms with Gasteiger partial charge in [0.1, 0.15) is 0 Å². The van der Waals surface area contributed by atoms with Crippen molar-refractivity contribution < 1.29 is 4.79 Å². The highest BCUT2D eigenvalue weighted by molar-refractivity contribution is 6.33. The molecule has 0 saturated carbocycles. The lowest BCUT2D eigenvalue weighted by atomic mass is 10.0. The van der Waals surface area contributed by atoms with Crippen LogP contribution in [0.1, 0.15) is 29.6 Å². The molecule has 1 fully saturated rings. The van der Waals surface area contributed by atoms with Gasteiger partial charge in [-0.2, -0.15) is 5.10 Å². The minimum absolute atomic E-state index is 0.0469. The van der Waals surface area contributed by atoms with E-state index in [-0.39, 0.29) is 5.91 Å². The van der Waals surface area contributed by atoms with Crippen LogP contribution < -0.4 is 10.6 Å². The van der Waals surface area contributed by atoms with E-state index in [2.05, 4.69) is 25.7 Å². The fraction of sp³-hybridized carbons (Fsp3) is 0.259. The minimum Gasteiger partial charge on any atom is -0.354 e. The van der Waals surface area contributed by atoms with E-state index in [4.69, 9.17) is 11.6 Å². The van der Waals surface area contributed by atoms with Crippen molar-refractivity contribution in [3.8, 4) is 11.3 Å². The molecule has 0 bridgehead atoms. The number of H-pyrrole nitrogens is 1. The Morgan fingerprint density at radius 2 is 1.88 bits per heavy atom. The van der Waals surface area contributed by atoms with E-state index in [0.29, 0.717) is 17.1 Å². The molecular weight excluding hydrogens is 446 g/mol. The normalized spacial score (nSPS) is 13.9. The van der Waals surface area contributed by atoms with Gasteiger partial charge in [-0.1, -0.05) is 35.9 Å². The molecule has 1 amide bonds. The summed E-state index contributed by atoms with van der Waals surface area (Å²) in [5.41, 5.74) is 5.04. The highest BCUT2D eigenvalue weighted by atomic mass is 35.5. The van der Waals surface area contributed by atoms with Crippen LogP contribution in [-0.4, -0.2) is 47.2 Å². The summed E-state index contributed by atoms with van der Waals surface area (Å²) in [4.78, 5) is 15.2. The monoisotopic (exact) mass is 473 g/mol. The Balaban J connectivity index is 1.27. The number of anilines is 2. The van der Waals surface area contributed by atoms with E-state index < -0.39 is 0 Å². The summed E-state index contributed by atoms with van der Waals surface area (Å²) in [7, 11) is 0. The van der Waals surface area contributed by atoms with Crippen LogP contribution in [0, 0.1) is 0 Å². The van der Waals surface area contributed by atoms with Crippen molar-refractivity contribution in [2.75, 3.05) is 31.5 Å². The minimum atomic E-state index is -0.0469. The summed E-state index contributed by atoms with van der Waals surface area (Å²) in [6, 6.07) is 21.3. The predicted molar refractivity (Wildman–Crippen MR) is 139 cm³/mol. The number of carbonyl (C=O) groups excluding carboxylic acids is 1. The van der Waals surface area contributed by atoms with Crippen molar-refractivity contribution >= 4 is 39.8 Å². The lowest BCUT2D eigenvalue weighted by Crippen LogP contribution is -2.28. The fourth-order valence-corrected chi connectivity index (χ4v) is 4.64. The van der Waals surface area contributed by atoms with Gasteiger partial charge < -0.3 is 15.5 Å². The van der Waals surface area contributed by atoms with E-state index in [1.165, 1.54) is 25.9 Å². The van der Waals surface area contributed by atoms with Crippen LogP contribution in [0.5, 0.6) is 0 Å². The van der Waals surface area contributed by atoms with Crippen LogP contribution in [-0.2, 0) is 0 Å². The largest absolute Gasteiger partial charge is 0.354 e. The van der Waals surface area contributed by atoms with Crippen molar-refractivity contribution in [3.63, 3.8) is 0 Å². The molecule has 0 spiro atoms. The molecule has 4 aromatic rings. The second-order valence-electron chi connectivity index (χ2n) is 8.68. The number of aromatic nitrogens is 2. The zero-order valence-corrected chi connectivity index (χ0v) is 19.7. The van der Waals surface area contributed by atoms with Gasteiger partial charge >= 0.3 is 0 Å².